The van der Waals surface area contributed by atoms with E-state index in [1.165, 1.54) is 0 Å². The zero-order valence-corrected chi connectivity index (χ0v) is 11.2. The molecule has 1 rings (SSSR count). The number of sulfone groups is 2. The van der Waals surface area contributed by atoms with Gasteiger partial charge in [-0.3, -0.25) is 0 Å². The van der Waals surface area contributed by atoms with E-state index >= 15 is 0 Å². The van der Waals surface area contributed by atoms with E-state index in [0.717, 1.165) is 12.5 Å². The van der Waals surface area contributed by atoms with Crippen molar-refractivity contribution in [1.29, 1.82) is 0 Å². The number of aromatic nitrogens is 2. The number of hydrogen-bond donors (Lipinski definition) is 0. The SMILES string of the molecule is CS(=O)(=O)c1nc(Cl)c(Cl)c(S(C)(=O)=O)n1. The first-order chi connectivity index (χ1) is 7.03. The van der Waals surface area contributed by atoms with E-state index in [1.807, 2.05) is 0 Å². The van der Waals surface area contributed by atoms with Gasteiger partial charge >= 0.3 is 0 Å². The van der Waals surface area contributed by atoms with Crippen LogP contribution in [0.3, 0.4) is 0 Å². The molecular weight excluding hydrogens is 299 g/mol. The summed E-state index contributed by atoms with van der Waals surface area (Å²) >= 11 is 11.1. The smallest absolute Gasteiger partial charge is 0.222 e. The number of hydrogen-bond acceptors (Lipinski definition) is 6. The number of nitrogens with zero attached hydrogens (tertiary/aromatic N) is 2. The molecule has 0 amide bonds. The van der Waals surface area contributed by atoms with Crippen LogP contribution in [-0.2, 0) is 19.7 Å². The lowest BCUT2D eigenvalue weighted by Gasteiger charge is -2.04. The standard InChI is InChI=1S/C6H6Cl2N2O4S2/c1-15(11,12)5-3(7)4(8)9-6(10-5)16(2,13)14/h1-2H3. The van der Waals surface area contributed by atoms with Gasteiger partial charge in [0.15, 0.2) is 20.0 Å². The van der Waals surface area contributed by atoms with Gasteiger partial charge < -0.3 is 0 Å². The average molecular weight is 305 g/mol. The fourth-order valence-corrected chi connectivity index (χ4v) is 2.82. The van der Waals surface area contributed by atoms with Gasteiger partial charge in [0.1, 0.15) is 5.02 Å². The molecule has 0 spiro atoms. The van der Waals surface area contributed by atoms with Gasteiger partial charge in [0.25, 0.3) is 0 Å². The summed E-state index contributed by atoms with van der Waals surface area (Å²) in [7, 11) is -7.53. The summed E-state index contributed by atoms with van der Waals surface area (Å²) in [4.78, 5) is 6.76. The molecule has 10 heteroatoms. The van der Waals surface area contributed by atoms with Crippen molar-refractivity contribution in [2.45, 2.75) is 10.2 Å². The third kappa shape index (κ3) is 2.82. The second-order valence-electron chi connectivity index (χ2n) is 2.96. The van der Waals surface area contributed by atoms with Gasteiger partial charge in [0.2, 0.25) is 15.0 Å². The molecule has 1 aromatic heterocycles. The Morgan fingerprint density at radius 1 is 0.938 bits per heavy atom. The lowest BCUT2D eigenvalue weighted by molar-refractivity contribution is 0.585. The van der Waals surface area contributed by atoms with Crippen LogP contribution in [0.1, 0.15) is 0 Å². The Morgan fingerprint density at radius 2 is 1.44 bits per heavy atom. The molecule has 0 aliphatic rings. The van der Waals surface area contributed by atoms with Gasteiger partial charge in [-0.15, -0.1) is 0 Å². The van der Waals surface area contributed by atoms with Crippen molar-refractivity contribution in [3.63, 3.8) is 0 Å². The zero-order valence-electron chi connectivity index (χ0n) is 8.10. The molecule has 0 unspecified atom stereocenters. The van der Waals surface area contributed by atoms with Crippen LogP contribution < -0.4 is 0 Å². The predicted molar refractivity (Wildman–Crippen MR) is 58.3 cm³/mol. The molecule has 1 aromatic rings. The third-order valence-corrected chi connectivity index (χ3v) is 4.13. The monoisotopic (exact) mass is 304 g/mol. The van der Waals surface area contributed by atoms with Crippen LogP contribution >= 0.6 is 23.2 Å². The van der Waals surface area contributed by atoms with Crippen molar-refractivity contribution in [3.05, 3.63) is 10.2 Å². The molecule has 90 valence electrons. The molecule has 0 aliphatic carbocycles. The van der Waals surface area contributed by atoms with Crippen LogP contribution in [0.25, 0.3) is 0 Å². The summed E-state index contributed by atoms with van der Waals surface area (Å²) in [6.45, 7) is 0. The molecule has 0 atom stereocenters. The fraction of sp³-hybridized carbons (Fsp3) is 0.333. The van der Waals surface area contributed by atoms with Gasteiger partial charge in [-0.05, 0) is 0 Å². The number of rotatable bonds is 2. The summed E-state index contributed by atoms with van der Waals surface area (Å²) in [6, 6.07) is 0. The Balaban J connectivity index is 3.72. The lowest BCUT2D eigenvalue weighted by Crippen LogP contribution is -2.10. The molecule has 0 saturated carbocycles. The Labute approximate surface area is 102 Å². The molecular formula is C6H6Cl2N2O4S2. The predicted octanol–water partition coefficient (Wildman–Crippen LogP) is 0.590. The first kappa shape index (κ1) is 13.6. The van der Waals surface area contributed by atoms with Crippen LogP contribution in [0.2, 0.25) is 10.2 Å². The minimum atomic E-state index is -3.77. The highest BCUT2D eigenvalue weighted by molar-refractivity contribution is 7.91. The van der Waals surface area contributed by atoms with Gasteiger partial charge in [0, 0.05) is 12.5 Å². The average Bonchev–Trinajstić information content (AvgIpc) is 2.05. The summed E-state index contributed by atoms with van der Waals surface area (Å²) < 4.78 is 44.8. The maximum atomic E-state index is 11.3. The van der Waals surface area contributed by atoms with Gasteiger partial charge in [-0.25, -0.2) is 26.8 Å². The summed E-state index contributed by atoms with van der Waals surface area (Å²) in [5.74, 6) is 0. The Kier molecular flexibility index (Phi) is 3.49. The van der Waals surface area contributed by atoms with Crippen molar-refractivity contribution in [2.24, 2.45) is 0 Å². The molecule has 0 bridgehead atoms. The molecule has 16 heavy (non-hydrogen) atoms. The Bertz CT molecular complexity index is 639. The van der Waals surface area contributed by atoms with E-state index in [2.05, 4.69) is 9.97 Å². The molecule has 6 nitrogen and oxygen atoms in total. The topological polar surface area (TPSA) is 94.1 Å². The molecule has 0 aromatic carbocycles. The van der Waals surface area contributed by atoms with E-state index < -0.39 is 40.0 Å². The van der Waals surface area contributed by atoms with Crippen molar-refractivity contribution >= 4 is 42.9 Å². The maximum absolute atomic E-state index is 11.3. The van der Waals surface area contributed by atoms with Crippen LogP contribution in [0.15, 0.2) is 10.2 Å². The Morgan fingerprint density at radius 3 is 1.81 bits per heavy atom. The highest BCUT2D eigenvalue weighted by Crippen LogP contribution is 2.27. The molecule has 0 N–H and O–H groups in total. The van der Waals surface area contributed by atoms with E-state index in [1.54, 1.807) is 0 Å². The van der Waals surface area contributed by atoms with Crippen LogP contribution in [0.4, 0.5) is 0 Å². The molecule has 1 heterocycles. The second-order valence-corrected chi connectivity index (χ2v) is 7.54. The largest absolute Gasteiger partial charge is 0.249 e. The normalized spacial score (nSPS) is 12.8. The van der Waals surface area contributed by atoms with E-state index in [4.69, 9.17) is 23.2 Å². The van der Waals surface area contributed by atoms with Crippen LogP contribution in [-0.4, -0.2) is 39.3 Å². The summed E-state index contributed by atoms with van der Waals surface area (Å²) in [5, 5.41) is -2.09. The minimum absolute atomic E-state index is 0.392. The number of halogens is 2. The first-order valence-electron chi connectivity index (χ1n) is 3.66. The third-order valence-electron chi connectivity index (χ3n) is 1.44. The summed E-state index contributed by atoms with van der Waals surface area (Å²) in [5.41, 5.74) is 0. The van der Waals surface area contributed by atoms with E-state index in [0.29, 0.717) is 0 Å². The van der Waals surface area contributed by atoms with Crippen LogP contribution in [0, 0.1) is 0 Å². The van der Waals surface area contributed by atoms with Gasteiger partial charge in [0.05, 0.1) is 0 Å². The highest BCUT2D eigenvalue weighted by atomic mass is 35.5. The second kappa shape index (κ2) is 4.10. The highest BCUT2D eigenvalue weighted by Gasteiger charge is 2.23. The minimum Gasteiger partial charge on any atom is -0.222 e. The van der Waals surface area contributed by atoms with Crippen molar-refractivity contribution in [1.82, 2.24) is 9.97 Å². The van der Waals surface area contributed by atoms with Crippen molar-refractivity contribution in [3.8, 4) is 0 Å². The van der Waals surface area contributed by atoms with Gasteiger partial charge in [-0.2, -0.15) is 0 Å². The van der Waals surface area contributed by atoms with Gasteiger partial charge in [-0.1, -0.05) is 23.2 Å². The molecule has 0 radical (unpaired) electrons. The molecule has 0 fully saturated rings. The molecule has 0 saturated heterocycles. The summed E-state index contributed by atoms with van der Waals surface area (Å²) in [6.07, 6.45) is 1.67. The first-order valence-corrected chi connectivity index (χ1v) is 8.20. The lowest BCUT2D eigenvalue weighted by atomic mass is 10.7. The fourth-order valence-electron chi connectivity index (χ4n) is 0.794. The van der Waals surface area contributed by atoms with E-state index in [9.17, 15) is 16.8 Å². The molecule has 0 aliphatic heterocycles. The zero-order chi connectivity index (χ0) is 12.7. The van der Waals surface area contributed by atoms with Crippen molar-refractivity contribution in [2.75, 3.05) is 12.5 Å². The van der Waals surface area contributed by atoms with Crippen molar-refractivity contribution < 1.29 is 16.8 Å². The quantitative estimate of drug-likeness (QED) is 0.586. The van der Waals surface area contributed by atoms with E-state index in [-0.39, 0.29) is 0 Å². The Hall–Kier alpha value is -0.440. The maximum Gasteiger partial charge on any atom is 0.249 e. The van der Waals surface area contributed by atoms with Crippen LogP contribution in [0.5, 0.6) is 0 Å².